The summed E-state index contributed by atoms with van der Waals surface area (Å²) in [5.74, 6) is -1.58. The number of halogens is 2. The molecule has 0 bridgehead atoms. The van der Waals surface area contributed by atoms with Crippen molar-refractivity contribution in [1.82, 2.24) is 10.2 Å². The SMILES string of the molecule is CCCC1(F)CCN(C(=O)OCc2oc(=O)oc2C)C(C(=O)NC(C(C)Cl)C2OC(SC)C(O)C(O)C2O)C1. The van der Waals surface area contributed by atoms with Crippen molar-refractivity contribution in [2.45, 2.75) is 106 Å². The summed E-state index contributed by atoms with van der Waals surface area (Å²) in [6.45, 7) is 4.26. The van der Waals surface area contributed by atoms with Gasteiger partial charge in [0.25, 0.3) is 0 Å². The molecule has 15 heteroatoms. The van der Waals surface area contributed by atoms with Crippen LogP contribution in [0.2, 0.25) is 0 Å². The lowest BCUT2D eigenvalue weighted by atomic mass is 9.84. The number of alkyl halides is 2. The fraction of sp³-hybridized carbons (Fsp3) is 0.792. The monoisotopic (exact) mass is 598 g/mol. The molecule has 1 aromatic heterocycles. The molecular weight excluding hydrogens is 563 g/mol. The fourth-order valence-corrected chi connectivity index (χ4v) is 5.85. The van der Waals surface area contributed by atoms with E-state index < -0.39 is 77.4 Å². The van der Waals surface area contributed by atoms with E-state index in [9.17, 15) is 29.7 Å². The standard InChI is InChI=1S/C24H36ClFN2O10S/c1-5-6-24(26)7-8-28(22(33)35-10-14-12(3)36-23(34)37-14)13(9-24)20(32)27-15(11(2)25)19-17(30)16(29)18(31)21(38-19)39-4/h11,13,15-19,21,29-31H,5-10H2,1-4H3,(H,27,32). The largest absolute Gasteiger partial charge is 0.519 e. The maximum atomic E-state index is 15.7. The molecule has 3 heterocycles. The molecule has 0 radical (unpaired) electrons. The van der Waals surface area contributed by atoms with Gasteiger partial charge in [0.15, 0.2) is 18.1 Å². The number of rotatable bonds is 9. The number of carbonyl (C=O) groups excluding carboxylic acids is 2. The number of carbonyl (C=O) groups is 2. The topological polar surface area (TPSA) is 172 Å². The number of aliphatic hydroxyl groups is 3. The molecule has 2 saturated heterocycles. The van der Waals surface area contributed by atoms with Crippen LogP contribution < -0.4 is 11.1 Å². The van der Waals surface area contributed by atoms with E-state index in [1.165, 1.54) is 6.92 Å². The Hall–Kier alpha value is -1.84. The highest BCUT2D eigenvalue weighted by molar-refractivity contribution is 7.99. The van der Waals surface area contributed by atoms with Crippen LogP contribution in [0.4, 0.5) is 9.18 Å². The average Bonchev–Trinajstić information content (AvgIpc) is 3.21. The summed E-state index contributed by atoms with van der Waals surface area (Å²) in [5.41, 5.74) is -2.62. The van der Waals surface area contributed by atoms with Crippen LogP contribution in [0.15, 0.2) is 13.6 Å². The van der Waals surface area contributed by atoms with Crippen LogP contribution in [0, 0.1) is 6.92 Å². The first-order chi connectivity index (χ1) is 18.3. The van der Waals surface area contributed by atoms with Gasteiger partial charge in [-0.15, -0.1) is 23.4 Å². The van der Waals surface area contributed by atoms with Crippen molar-refractivity contribution in [3.8, 4) is 0 Å². The number of nitrogens with zero attached hydrogens (tertiary/aromatic N) is 1. The van der Waals surface area contributed by atoms with Crippen molar-refractivity contribution in [1.29, 1.82) is 0 Å². The maximum Gasteiger partial charge on any atom is 0.519 e. The number of thioether (sulfide) groups is 1. The van der Waals surface area contributed by atoms with E-state index in [2.05, 4.69) is 5.32 Å². The summed E-state index contributed by atoms with van der Waals surface area (Å²) < 4.78 is 36.3. The minimum absolute atomic E-state index is 0.000685. The van der Waals surface area contributed by atoms with Crippen LogP contribution in [0.1, 0.15) is 51.1 Å². The van der Waals surface area contributed by atoms with Crippen LogP contribution in [0.5, 0.6) is 0 Å². The number of ether oxygens (including phenoxy) is 2. The molecule has 4 N–H and O–H groups in total. The second kappa shape index (κ2) is 13.2. The van der Waals surface area contributed by atoms with Gasteiger partial charge in [0, 0.05) is 13.0 Å². The summed E-state index contributed by atoms with van der Waals surface area (Å²) >= 11 is 7.46. The van der Waals surface area contributed by atoms with E-state index in [0.29, 0.717) is 6.42 Å². The second-order valence-corrected chi connectivity index (χ2v) is 11.6. The molecule has 9 unspecified atom stereocenters. The van der Waals surface area contributed by atoms with E-state index in [-0.39, 0.29) is 37.3 Å². The Morgan fingerprint density at radius 3 is 2.54 bits per heavy atom. The second-order valence-electron chi connectivity index (χ2n) is 9.94. The molecule has 39 heavy (non-hydrogen) atoms. The Morgan fingerprint density at radius 2 is 1.97 bits per heavy atom. The lowest BCUT2D eigenvalue weighted by Gasteiger charge is -2.45. The summed E-state index contributed by atoms with van der Waals surface area (Å²) in [6, 6.07) is -2.38. The molecule has 2 aliphatic heterocycles. The third-order valence-corrected chi connectivity index (χ3v) is 8.26. The first kappa shape index (κ1) is 31.7. The molecule has 1 aromatic rings. The summed E-state index contributed by atoms with van der Waals surface area (Å²) in [4.78, 5) is 39.0. The molecule has 0 aliphatic carbocycles. The lowest BCUT2D eigenvalue weighted by Crippen LogP contribution is -2.66. The van der Waals surface area contributed by atoms with Crippen LogP contribution >= 0.6 is 23.4 Å². The van der Waals surface area contributed by atoms with Gasteiger partial charge in [-0.2, -0.15) is 0 Å². The van der Waals surface area contributed by atoms with Crippen LogP contribution in [0.3, 0.4) is 0 Å². The molecule has 3 rings (SSSR count). The zero-order chi connectivity index (χ0) is 29.1. The van der Waals surface area contributed by atoms with Crippen molar-refractivity contribution in [2.24, 2.45) is 0 Å². The number of nitrogens with one attached hydrogen (secondary N) is 1. The lowest BCUT2D eigenvalue weighted by molar-refractivity contribution is -0.205. The molecule has 2 fully saturated rings. The fourth-order valence-electron chi connectivity index (χ4n) is 4.96. The summed E-state index contributed by atoms with van der Waals surface area (Å²) in [6.07, 6.45) is -4.65. The molecule has 12 nitrogen and oxygen atoms in total. The van der Waals surface area contributed by atoms with Crippen LogP contribution in [0.25, 0.3) is 0 Å². The molecular formula is C24H36ClFN2O10S. The molecule has 0 saturated carbocycles. The quantitative estimate of drug-likeness (QED) is 0.303. The molecule has 9 atom stereocenters. The van der Waals surface area contributed by atoms with Crippen LogP contribution in [-0.4, -0.2) is 98.0 Å². The predicted octanol–water partition coefficient (Wildman–Crippen LogP) is 1.43. The highest BCUT2D eigenvalue weighted by atomic mass is 35.5. The normalized spacial score (nSPS) is 32.9. The summed E-state index contributed by atoms with van der Waals surface area (Å²) in [5, 5.41) is 33.0. The van der Waals surface area contributed by atoms with Gasteiger partial charge in [0.1, 0.15) is 41.6 Å². The van der Waals surface area contributed by atoms with Gasteiger partial charge in [-0.05, 0) is 32.9 Å². The number of aryl methyl sites for hydroxylation is 1. The van der Waals surface area contributed by atoms with E-state index in [1.54, 1.807) is 13.2 Å². The van der Waals surface area contributed by atoms with Gasteiger partial charge < -0.3 is 38.9 Å². The smallest absolute Gasteiger partial charge is 0.441 e. The zero-order valence-corrected chi connectivity index (χ0v) is 23.7. The third-order valence-electron chi connectivity index (χ3n) is 7.13. The third kappa shape index (κ3) is 7.27. The van der Waals surface area contributed by atoms with Crippen LogP contribution in [-0.2, 0) is 20.9 Å². The Kier molecular flexibility index (Phi) is 10.7. The number of hydrogen-bond acceptors (Lipinski definition) is 11. The Balaban J connectivity index is 1.81. The Labute approximate surface area is 234 Å². The number of amides is 2. The number of piperidine rings is 1. The first-order valence-electron chi connectivity index (χ1n) is 12.7. The Bertz CT molecular complexity index is 1050. The number of likely N-dealkylation sites (tertiary alicyclic amines) is 1. The predicted molar refractivity (Wildman–Crippen MR) is 138 cm³/mol. The van der Waals surface area contributed by atoms with E-state index >= 15 is 4.39 Å². The summed E-state index contributed by atoms with van der Waals surface area (Å²) in [7, 11) is 0. The maximum absolute atomic E-state index is 15.7. The molecule has 222 valence electrons. The highest BCUT2D eigenvalue weighted by Gasteiger charge is 2.50. The van der Waals surface area contributed by atoms with Crippen molar-refractivity contribution in [2.75, 3.05) is 12.8 Å². The van der Waals surface area contributed by atoms with Gasteiger partial charge >= 0.3 is 11.9 Å². The highest BCUT2D eigenvalue weighted by Crippen LogP contribution is 2.36. The molecule has 0 aromatic carbocycles. The van der Waals surface area contributed by atoms with Crippen molar-refractivity contribution >= 4 is 35.4 Å². The number of hydrogen-bond donors (Lipinski definition) is 4. The van der Waals surface area contributed by atoms with Gasteiger partial charge in [-0.1, -0.05) is 13.3 Å². The average molecular weight is 599 g/mol. The van der Waals surface area contributed by atoms with Crippen molar-refractivity contribution < 1.29 is 47.6 Å². The van der Waals surface area contributed by atoms with E-state index in [0.717, 1.165) is 16.7 Å². The Morgan fingerprint density at radius 1 is 1.28 bits per heavy atom. The minimum Gasteiger partial charge on any atom is -0.441 e. The molecule has 2 aliphatic rings. The molecule has 2 amide bonds. The van der Waals surface area contributed by atoms with Gasteiger partial charge in [0.2, 0.25) is 5.91 Å². The van der Waals surface area contributed by atoms with Crippen molar-refractivity contribution in [3.05, 3.63) is 22.1 Å². The van der Waals surface area contributed by atoms with Crippen molar-refractivity contribution in [3.63, 3.8) is 0 Å². The molecule has 0 spiro atoms. The van der Waals surface area contributed by atoms with Gasteiger partial charge in [0.05, 0.1) is 11.4 Å². The first-order valence-corrected chi connectivity index (χ1v) is 14.4. The van der Waals surface area contributed by atoms with Gasteiger partial charge in [-0.25, -0.2) is 14.0 Å². The van der Waals surface area contributed by atoms with E-state index in [4.69, 9.17) is 29.9 Å². The van der Waals surface area contributed by atoms with E-state index in [1.807, 2.05) is 6.92 Å². The minimum atomic E-state index is -1.71. The van der Waals surface area contributed by atoms with Gasteiger partial charge in [-0.3, -0.25) is 9.69 Å². The number of aliphatic hydroxyl groups excluding tert-OH is 3. The zero-order valence-electron chi connectivity index (χ0n) is 22.2.